The van der Waals surface area contributed by atoms with Gasteiger partial charge in [0, 0.05) is 5.56 Å². The Labute approximate surface area is 198 Å². The zero-order valence-electron chi connectivity index (χ0n) is 18.5. The lowest BCUT2D eigenvalue weighted by Crippen LogP contribution is -2.11. The maximum atomic E-state index is 12.3. The van der Waals surface area contributed by atoms with Gasteiger partial charge >= 0.3 is 0 Å². The number of nitrogens with one attached hydrogen (secondary N) is 1. The molecule has 0 unspecified atom stereocenters. The number of H-pyrrole nitrogens is 1. The van der Waals surface area contributed by atoms with Crippen LogP contribution in [0.5, 0.6) is 0 Å². The molecular formula is C24H23N5O2S2. The lowest BCUT2D eigenvalue weighted by molar-refractivity contribution is 0.485. The van der Waals surface area contributed by atoms with E-state index in [0.717, 1.165) is 27.8 Å². The van der Waals surface area contributed by atoms with Crippen LogP contribution in [-0.4, -0.2) is 24.7 Å². The first-order valence-electron chi connectivity index (χ1n) is 10.5. The van der Waals surface area contributed by atoms with Crippen molar-refractivity contribution in [3.63, 3.8) is 0 Å². The number of hydrogen-bond donors (Lipinski definition) is 1. The van der Waals surface area contributed by atoms with Gasteiger partial charge in [0.15, 0.2) is 11.0 Å². The van der Waals surface area contributed by atoms with Crippen molar-refractivity contribution in [3.05, 3.63) is 81.6 Å². The summed E-state index contributed by atoms with van der Waals surface area (Å²) in [7, 11) is 0. The number of benzene rings is 1. The second-order valence-electron chi connectivity index (χ2n) is 8.74. The topological polar surface area (TPSA) is 89.6 Å². The van der Waals surface area contributed by atoms with Crippen LogP contribution in [0.3, 0.4) is 0 Å². The summed E-state index contributed by atoms with van der Waals surface area (Å²) in [6.45, 7) is 7.10. The highest BCUT2D eigenvalue weighted by Crippen LogP contribution is 2.29. The molecule has 0 amide bonds. The van der Waals surface area contributed by atoms with Crippen molar-refractivity contribution in [1.82, 2.24) is 24.7 Å². The Balaban J connectivity index is 1.46. The Hall–Kier alpha value is -3.17. The third kappa shape index (κ3) is 4.51. The summed E-state index contributed by atoms with van der Waals surface area (Å²) < 4.78 is 8.27. The Morgan fingerprint density at radius 1 is 1.12 bits per heavy atom. The van der Waals surface area contributed by atoms with Gasteiger partial charge in [-0.2, -0.15) is 0 Å². The molecule has 0 saturated heterocycles. The molecule has 0 fully saturated rings. The predicted octanol–water partition coefficient (Wildman–Crippen LogP) is 5.47. The summed E-state index contributed by atoms with van der Waals surface area (Å²) in [6.07, 6.45) is 1.66. The van der Waals surface area contributed by atoms with Crippen molar-refractivity contribution < 1.29 is 4.42 Å². The van der Waals surface area contributed by atoms with Crippen molar-refractivity contribution in [2.45, 2.75) is 43.6 Å². The van der Waals surface area contributed by atoms with E-state index in [4.69, 9.17) is 4.42 Å². The molecule has 5 rings (SSSR count). The fraction of sp³-hybridized carbons (Fsp3) is 0.250. The van der Waals surface area contributed by atoms with Gasteiger partial charge in [0.05, 0.1) is 24.1 Å². The van der Waals surface area contributed by atoms with Crippen LogP contribution >= 0.6 is 23.1 Å². The lowest BCUT2D eigenvalue weighted by Gasteiger charge is -2.19. The fourth-order valence-corrected chi connectivity index (χ4v) is 5.09. The summed E-state index contributed by atoms with van der Waals surface area (Å²) >= 11 is 2.88. The van der Waals surface area contributed by atoms with Gasteiger partial charge in [0.2, 0.25) is 0 Å². The molecule has 1 N–H and O–H groups in total. The van der Waals surface area contributed by atoms with E-state index in [1.165, 1.54) is 28.7 Å². The molecule has 7 nitrogen and oxygen atoms in total. The Morgan fingerprint density at radius 2 is 1.94 bits per heavy atom. The van der Waals surface area contributed by atoms with Crippen LogP contribution < -0.4 is 5.56 Å². The molecule has 168 valence electrons. The summed E-state index contributed by atoms with van der Waals surface area (Å²) in [6, 6.07) is 14.1. The first-order chi connectivity index (χ1) is 15.9. The third-order valence-electron chi connectivity index (χ3n) is 5.32. The normalized spacial score (nSPS) is 12.0. The van der Waals surface area contributed by atoms with E-state index in [-0.39, 0.29) is 11.0 Å². The number of fused-ring (bicyclic) bond motifs is 1. The van der Waals surface area contributed by atoms with Gasteiger partial charge in [-0.05, 0) is 34.6 Å². The molecule has 0 atom stereocenters. The van der Waals surface area contributed by atoms with Gasteiger partial charge in [0.1, 0.15) is 16.3 Å². The summed E-state index contributed by atoms with van der Waals surface area (Å²) in [4.78, 5) is 19.7. The van der Waals surface area contributed by atoms with E-state index in [0.29, 0.717) is 22.8 Å². The maximum absolute atomic E-state index is 12.3. The zero-order chi connectivity index (χ0) is 23.0. The minimum Gasteiger partial charge on any atom is -0.467 e. The SMILES string of the molecule is CC(C)(C)c1ccc(-c2nnc(SCc3nc4ccsc4c(=O)[nH]3)n2Cc2ccco2)cc1. The quantitative estimate of drug-likeness (QED) is 0.326. The fourth-order valence-electron chi connectivity index (χ4n) is 3.55. The number of furan rings is 1. The molecule has 33 heavy (non-hydrogen) atoms. The first-order valence-corrected chi connectivity index (χ1v) is 12.4. The molecule has 0 bridgehead atoms. The number of aromatic nitrogens is 5. The average molecular weight is 478 g/mol. The van der Waals surface area contributed by atoms with E-state index >= 15 is 0 Å². The predicted molar refractivity (Wildman–Crippen MR) is 132 cm³/mol. The van der Waals surface area contributed by atoms with Gasteiger partial charge in [0.25, 0.3) is 5.56 Å². The van der Waals surface area contributed by atoms with Gasteiger partial charge in [-0.15, -0.1) is 21.5 Å². The van der Waals surface area contributed by atoms with E-state index in [9.17, 15) is 4.79 Å². The summed E-state index contributed by atoms with van der Waals surface area (Å²) in [5.74, 6) is 2.67. The molecule has 0 spiro atoms. The third-order valence-corrected chi connectivity index (χ3v) is 7.20. The molecule has 9 heteroatoms. The number of thiophene rings is 1. The molecular weight excluding hydrogens is 454 g/mol. The van der Waals surface area contributed by atoms with E-state index < -0.39 is 0 Å². The number of nitrogens with zero attached hydrogens (tertiary/aromatic N) is 4. The molecule has 0 aliphatic heterocycles. The second-order valence-corrected chi connectivity index (χ2v) is 10.6. The van der Waals surface area contributed by atoms with Crippen molar-refractivity contribution in [2.24, 2.45) is 0 Å². The first kappa shape index (κ1) is 21.7. The molecule has 0 radical (unpaired) electrons. The molecule has 0 saturated carbocycles. The molecule has 0 aliphatic rings. The van der Waals surface area contributed by atoms with Crippen molar-refractivity contribution in [1.29, 1.82) is 0 Å². The highest BCUT2D eigenvalue weighted by molar-refractivity contribution is 7.98. The molecule has 4 heterocycles. The molecule has 0 aliphatic carbocycles. The van der Waals surface area contributed by atoms with E-state index in [2.05, 4.69) is 65.2 Å². The van der Waals surface area contributed by atoms with Gasteiger partial charge in [-0.1, -0.05) is 56.8 Å². The molecule has 5 aromatic rings. The minimum atomic E-state index is -0.109. The lowest BCUT2D eigenvalue weighted by atomic mass is 9.87. The van der Waals surface area contributed by atoms with E-state index in [1.807, 2.05) is 28.1 Å². The Kier molecular flexibility index (Phi) is 5.67. The summed E-state index contributed by atoms with van der Waals surface area (Å²) in [5.41, 5.74) is 2.93. The Morgan fingerprint density at radius 3 is 2.67 bits per heavy atom. The van der Waals surface area contributed by atoms with Crippen LogP contribution in [0.15, 0.2) is 68.5 Å². The van der Waals surface area contributed by atoms with Crippen molar-refractivity contribution >= 4 is 33.3 Å². The van der Waals surface area contributed by atoms with Crippen LogP contribution in [-0.2, 0) is 17.7 Å². The smallest absolute Gasteiger partial charge is 0.268 e. The van der Waals surface area contributed by atoms with Crippen LogP contribution in [0.1, 0.15) is 37.9 Å². The Bertz CT molecular complexity index is 1440. The van der Waals surface area contributed by atoms with Crippen LogP contribution in [0.4, 0.5) is 0 Å². The second kappa shape index (κ2) is 8.64. The number of thioether (sulfide) groups is 1. The average Bonchev–Trinajstić information content (AvgIpc) is 3.54. The van der Waals surface area contributed by atoms with Crippen LogP contribution in [0.2, 0.25) is 0 Å². The largest absolute Gasteiger partial charge is 0.467 e. The van der Waals surface area contributed by atoms with Crippen LogP contribution in [0.25, 0.3) is 21.6 Å². The summed E-state index contributed by atoms with van der Waals surface area (Å²) in [5, 5.41) is 11.5. The number of rotatable bonds is 6. The van der Waals surface area contributed by atoms with Crippen LogP contribution in [0, 0.1) is 0 Å². The molecule has 4 aromatic heterocycles. The zero-order valence-corrected chi connectivity index (χ0v) is 20.2. The van der Waals surface area contributed by atoms with Gasteiger partial charge < -0.3 is 9.40 Å². The highest BCUT2D eigenvalue weighted by atomic mass is 32.2. The molecule has 1 aromatic carbocycles. The van der Waals surface area contributed by atoms with Crippen molar-refractivity contribution in [2.75, 3.05) is 0 Å². The minimum absolute atomic E-state index is 0.0782. The van der Waals surface area contributed by atoms with E-state index in [1.54, 1.807) is 6.26 Å². The standard InChI is InChI=1S/C24H23N5O2S2/c1-24(2,3)16-8-6-15(7-9-16)21-27-28-23(29(21)13-17-5-4-11-31-17)33-14-19-25-18-10-12-32-20(18)22(30)26-19/h4-12H,13-14H2,1-3H3,(H,25,26,30). The highest BCUT2D eigenvalue weighted by Gasteiger charge is 2.18. The van der Waals surface area contributed by atoms with Gasteiger partial charge in [-0.3, -0.25) is 9.36 Å². The van der Waals surface area contributed by atoms with Crippen molar-refractivity contribution in [3.8, 4) is 11.4 Å². The van der Waals surface area contributed by atoms with Gasteiger partial charge in [-0.25, -0.2) is 4.98 Å². The maximum Gasteiger partial charge on any atom is 0.268 e. The number of aromatic amines is 1. The monoisotopic (exact) mass is 477 g/mol. The number of hydrogen-bond acceptors (Lipinski definition) is 7.